The average Bonchev–Trinajstić information content (AvgIpc) is 2.46. The molecule has 3 nitrogen and oxygen atoms in total. The van der Waals surface area contributed by atoms with Crippen molar-refractivity contribution in [1.82, 2.24) is 15.1 Å². The zero-order valence-electron chi connectivity index (χ0n) is 13.0. The molecule has 0 radical (unpaired) electrons. The SMILES string of the molecule is CC(CNCCC1CCCCN1C)N1CCCCC1. The summed E-state index contributed by atoms with van der Waals surface area (Å²) in [7, 11) is 2.29. The Morgan fingerprint density at radius 3 is 2.53 bits per heavy atom. The van der Waals surface area contributed by atoms with Gasteiger partial charge in [0.1, 0.15) is 0 Å². The van der Waals surface area contributed by atoms with Crippen LogP contribution in [0.2, 0.25) is 0 Å². The fourth-order valence-corrected chi connectivity index (χ4v) is 3.58. The molecule has 0 saturated carbocycles. The second kappa shape index (κ2) is 8.23. The molecule has 0 aromatic carbocycles. The Morgan fingerprint density at radius 2 is 1.79 bits per heavy atom. The van der Waals surface area contributed by atoms with E-state index < -0.39 is 0 Å². The molecule has 0 amide bonds. The smallest absolute Gasteiger partial charge is 0.0192 e. The number of nitrogens with one attached hydrogen (secondary N) is 1. The van der Waals surface area contributed by atoms with Crippen molar-refractivity contribution in [2.75, 3.05) is 39.8 Å². The number of rotatable bonds is 6. The largest absolute Gasteiger partial charge is 0.315 e. The van der Waals surface area contributed by atoms with Gasteiger partial charge in [-0.15, -0.1) is 0 Å². The predicted molar refractivity (Wildman–Crippen MR) is 82.6 cm³/mol. The highest BCUT2D eigenvalue weighted by Crippen LogP contribution is 2.17. The van der Waals surface area contributed by atoms with Crippen LogP contribution in [0.15, 0.2) is 0 Å². The van der Waals surface area contributed by atoms with Crippen molar-refractivity contribution in [2.24, 2.45) is 0 Å². The Balaban J connectivity index is 1.55. The summed E-state index contributed by atoms with van der Waals surface area (Å²) in [6.07, 6.45) is 9.79. The molecule has 2 heterocycles. The monoisotopic (exact) mass is 267 g/mol. The van der Waals surface area contributed by atoms with Gasteiger partial charge in [0, 0.05) is 18.6 Å². The van der Waals surface area contributed by atoms with Crippen molar-refractivity contribution in [2.45, 2.75) is 64.0 Å². The number of hydrogen-bond donors (Lipinski definition) is 1. The van der Waals surface area contributed by atoms with E-state index in [1.807, 2.05) is 0 Å². The standard InChI is InChI=1S/C16H33N3/c1-15(19-12-5-3-6-13-19)14-17-10-9-16-8-4-7-11-18(16)2/h15-17H,3-14H2,1-2H3. The minimum atomic E-state index is 0.712. The van der Waals surface area contributed by atoms with Crippen molar-refractivity contribution in [1.29, 1.82) is 0 Å². The van der Waals surface area contributed by atoms with Crippen molar-refractivity contribution in [3.05, 3.63) is 0 Å². The highest BCUT2D eigenvalue weighted by molar-refractivity contribution is 4.76. The lowest BCUT2D eigenvalue weighted by Gasteiger charge is -2.34. The molecule has 0 spiro atoms. The lowest BCUT2D eigenvalue weighted by molar-refractivity contribution is 0.162. The first kappa shape index (κ1) is 15.3. The molecule has 2 saturated heterocycles. The summed E-state index contributed by atoms with van der Waals surface area (Å²) in [5.41, 5.74) is 0. The molecular weight excluding hydrogens is 234 g/mol. The van der Waals surface area contributed by atoms with Crippen LogP contribution < -0.4 is 5.32 Å². The highest BCUT2D eigenvalue weighted by Gasteiger charge is 2.19. The molecule has 2 aliphatic heterocycles. The maximum Gasteiger partial charge on any atom is 0.0192 e. The topological polar surface area (TPSA) is 18.5 Å². The molecule has 2 aliphatic rings. The van der Waals surface area contributed by atoms with E-state index in [1.54, 1.807) is 0 Å². The number of nitrogens with zero attached hydrogens (tertiary/aromatic N) is 2. The lowest BCUT2D eigenvalue weighted by Crippen LogP contribution is -2.44. The van der Waals surface area contributed by atoms with Crippen LogP contribution in [0.5, 0.6) is 0 Å². The van der Waals surface area contributed by atoms with Gasteiger partial charge < -0.3 is 10.2 Å². The van der Waals surface area contributed by atoms with Crippen molar-refractivity contribution in [3.8, 4) is 0 Å². The summed E-state index contributed by atoms with van der Waals surface area (Å²) in [6.45, 7) is 8.66. The number of hydrogen-bond acceptors (Lipinski definition) is 3. The van der Waals surface area contributed by atoms with Crippen molar-refractivity contribution in [3.63, 3.8) is 0 Å². The molecule has 0 aromatic rings. The zero-order valence-corrected chi connectivity index (χ0v) is 13.0. The van der Waals surface area contributed by atoms with Crippen LogP contribution in [-0.4, -0.2) is 61.7 Å². The van der Waals surface area contributed by atoms with Gasteiger partial charge in [-0.25, -0.2) is 0 Å². The van der Waals surface area contributed by atoms with Crippen LogP contribution in [0, 0.1) is 0 Å². The predicted octanol–water partition coefficient (Wildman–Crippen LogP) is 2.32. The maximum atomic E-state index is 3.68. The van der Waals surface area contributed by atoms with Crippen LogP contribution in [0.25, 0.3) is 0 Å². The van der Waals surface area contributed by atoms with Gasteiger partial charge in [-0.05, 0) is 72.3 Å². The third-order valence-corrected chi connectivity index (χ3v) is 5.03. The first-order valence-corrected chi connectivity index (χ1v) is 8.42. The summed E-state index contributed by atoms with van der Waals surface area (Å²) < 4.78 is 0. The van der Waals surface area contributed by atoms with Gasteiger partial charge >= 0.3 is 0 Å². The van der Waals surface area contributed by atoms with E-state index in [1.165, 1.54) is 71.1 Å². The molecule has 3 heteroatoms. The first-order chi connectivity index (χ1) is 9.27. The second-order valence-electron chi connectivity index (χ2n) is 6.57. The van der Waals surface area contributed by atoms with Crippen molar-refractivity contribution >= 4 is 0 Å². The van der Waals surface area contributed by atoms with Gasteiger partial charge in [-0.2, -0.15) is 0 Å². The molecule has 0 aliphatic carbocycles. The second-order valence-corrected chi connectivity index (χ2v) is 6.57. The van der Waals surface area contributed by atoms with E-state index in [4.69, 9.17) is 0 Å². The Bertz CT molecular complexity index is 238. The van der Waals surface area contributed by atoms with Gasteiger partial charge in [0.15, 0.2) is 0 Å². The summed E-state index contributed by atoms with van der Waals surface area (Å²) in [5.74, 6) is 0. The summed E-state index contributed by atoms with van der Waals surface area (Å²) in [5, 5.41) is 3.68. The normalized spacial score (nSPS) is 28.4. The van der Waals surface area contributed by atoms with Crippen LogP contribution in [-0.2, 0) is 0 Å². The summed E-state index contributed by atoms with van der Waals surface area (Å²) in [4.78, 5) is 5.21. The van der Waals surface area contributed by atoms with Crippen LogP contribution in [0.4, 0.5) is 0 Å². The molecule has 2 fully saturated rings. The van der Waals surface area contributed by atoms with E-state index in [0.29, 0.717) is 6.04 Å². The van der Waals surface area contributed by atoms with Crippen LogP contribution in [0.1, 0.15) is 51.9 Å². The molecule has 0 aromatic heterocycles. The molecule has 2 atom stereocenters. The number of likely N-dealkylation sites (tertiary alicyclic amines) is 2. The van der Waals surface area contributed by atoms with Gasteiger partial charge in [0.05, 0.1) is 0 Å². The highest BCUT2D eigenvalue weighted by atomic mass is 15.2. The quantitative estimate of drug-likeness (QED) is 0.745. The number of piperidine rings is 2. The Labute approximate surface area is 119 Å². The summed E-state index contributed by atoms with van der Waals surface area (Å²) in [6, 6.07) is 1.54. The van der Waals surface area contributed by atoms with E-state index in [-0.39, 0.29) is 0 Å². The maximum absolute atomic E-state index is 3.68. The van der Waals surface area contributed by atoms with Crippen LogP contribution in [0.3, 0.4) is 0 Å². The zero-order chi connectivity index (χ0) is 13.5. The first-order valence-electron chi connectivity index (χ1n) is 8.42. The fourth-order valence-electron chi connectivity index (χ4n) is 3.58. The van der Waals surface area contributed by atoms with E-state index in [9.17, 15) is 0 Å². The van der Waals surface area contributed by atoms with Gasteiger partial charge in [-0.3, -0.25) is 4.90 Å². The fraction of sp³-hybridized carbons (Fsp3) is 1.00. The molecule has 2 rings (SSSR count). The molecule has 112 valence electrons. The molecular formula is C16H33N3. The van der Waals surface area contributed by atoms with E-state index in [2.05, 4.69) is 29.1 Å². The van der Waals surface area contributed by atoms with Crippen LogP contribution >= 0.6 is 0 Å². The van der Waals surface area contributed by atoms with E-state index in [0.717, 1.165) is 12.6 Å². The minimum Gasteiger partial charge on any atom is -0.315 e. The minimum absolute atomic E-state index is 0.712. The third kappa shape index (κ3) is 5.05. The van der Waals surface area contributed by atoms with Crippen molar-refractivity contribution < 1.29 is 0 Å². The van der Waals surface area contributed by atoms with E-state index >= 15 is 0 Å². The van der Waals surface area contributed by atoms with Gasteiger partial charge in [0.25, 0.3) is 0 Å². The van der Waals surface area contributed by atoms with Gasteiger partial charge in [-0.1, -0.05) is 12.8 Å². The average molecular weight is 267 g/mol. The van der Waals surface area contributed by atoms with Gasteiger partial charge in [0.2, 0.25) is 0 Å². The molecule has 1 N–H and O–H groups in total. The molecule has 0 bridgehead atoms. The Hall–Kier alpha value is -0.120. The third-order valence-electron chi connectivity index (χ3n) is 5.03. The Kier molecular flexibility index (Phi) is 6.62. The summed E-state index contributed by atoms with van der Waals surface area (Å²) >= 11 is 0. The molecule has 19 heavy (non-hydrogen) atoms. The molecule has 2 unspecified atom stereocenters. The Morgan fingerprint density at radius 1 is 1.05 bits per heavy atom. The lowest BCUT2D eigenvalue weighted by atomic mass is 10.0.